The van der Waals surface area contributed by atoms with E-state index in [4.69, 9.17) is 26.3 Å². The van der Waals surface area contributed by atoms with Crippen molar-refractivity contribution in [1.29, 1.82) is 0 Å². The summed E-state index contributed by atoms with van der Waals surface area (Å²) in [5.74, 6) is 0.238. The SMILES string of the molecule is CC1=Nc2ccccc2N=C(NC(=O)CN2CCOCC2)[C@H]1c1ccc(Cl)cc1. The Hall–Kier alpha value is -2.54. The number of amides is 1. The lowest BCUT2D eigenvalue weighted by atomic mass is 9.93. The van der Waals surface area contributed by atoms with Gasteiger partial charge in [-0.1, -0.05) is 35.9 Å². The van der Waals surface area contributed by atoms with Gasteiger partial charge in [-0.15, -0.1) is 0 Å². The van der Waals surface area contributed by atoms with E-state index in [0.29, 0.717) is 30.6 Å². The second-order valence-electron chi connectivity index (χ2n) is 7.16. The number of hydrogen-bond donors (Lipinski definition) is 1. The third-order valence-electron chi connectivity index (χ3n) is 5.05. The van der Waals surface area contributed by atoms with Crippen LogP contribution in [0.25, 0.3) is 0 Å². The minimum absolute atomic E-state index is 0.0863. The van der Waals surface area contributed by atoms with E-state index in [9.17, 15) is 4.79 Å². The Labute approximate surface area is 175 Å². The fourth-order valence-electron chi connectivity index (χ4n) is 3.60. The third-order valence-corrected chi connectivity index (χ3v) is 5.30. The number of hydrogen-bond acceptors (Lipinski definition) is 5. The van der Waals surface area contributed by atoms with Crippen LogP contribution in [-0.2, 0) is 9.53 Å². The van der Waals surface area contributed by atoms with Crippen molar-refractivity contribution < 1.29 is 9.53 Å². The van der Waals surface area contributed by atoms with E-state index in [1.165, 1.54) is 0 Å². The molecule has 0 bridgehead atoms. The maximum atomic E-state index is 12.8. The number of morpholine rings is 1. The predicted molar refractivity (Wildman–Crippen MR) is 116 cm³/mol. The first-order chi connectivity index (χ1) is 14.1. The summed E-state index contributed by atoms with van der Waals surface area (Å²) in [5, 5.41) is 3.72. The lowest BCUT2D eigenvalue weighted by molar-refractivity contribution is -0.121. The first-order valence-corrected chi connectivity index (χ1v) is 10.1. The highest BCUT2D eigenvalue weighted by Crippen LogP contribution is 2.34. The Morgan fingerprint density at radius 1 is 1.10 bits per heavy atom. The predicted octanol–water partition coefficient (Wildman–Crippen LogP) is 3.71. The topological polar surface area (TPSA) is 66.3 Å². The summed E-state index contributed by atoms with van der Waals surface area (Å²) in [6, 6.07) is 15.3. The Morgan fingerprint density at radius 2 is 1.76 bits per heavy atom. The number of amidine groups is 1. The molecule has 6 nitrogen and oxygen atoms in total. The lowest BCUT2D eigenvalue weighted by Crippen LogP contribution is -2.46. The Bertz CT molecular complexity index is 950. The Kier molecular flexibility index (Phi) is 6.04. The minimum Gasteiger partial charge on any atom is -0.379 e. The number of para-hydroxylation sites is 2. The molecule has 2 heterocycles. The molecule has 2 aliphatic rings. The van der Waals surface area contributed by atoms with Gasteiger partial charge >= 0.3 is 0 Å². The zero-order valence-corrected chi connectivity index (χ0v) is 17.0. The quantitative estimate of drug-likeness (QED) is 0.838. The first-order valence-electron chi connectivity index (χ1n) is 9.68. The molecular weight excluding hydrogens is 388 g/mol. The summed E-state index contributed by atoms with van der Waals surface area (Å²) in [6.45, 7) is 5.09. The second kappa shape index (κ2) is 8.86. The van der Waals surface area contributed by atoms with Crippen LogP contribution in [0, 0.1) is 0 Å². The van der Waals surface area contributed by atoms with Gasteiger partial charge in [0, 0.05) is 23.8 Å². The van der Waals surface area contributed by atoms with Crippen molar-refractivity contribution in [2.75, 3.05) is 32.8 Å². The van der Waals surface area contributed by atoms with Crippen LogP contribution in [0.5, 0.6) is 0 Å². The van der Waals surface area contributed by atoms with E-state index in [-0.39, 0.29) is 11.8 Å². The van der Waals surface area contributed by atoms with Crippen molar-refractivity contribution in [1.82, 2.24) is 10.2 Å². The van der Waals surface area contributed by atoms with Crippen molar-refractivity contribution >= 4 is 40.4 Å². The summed E-state index contributed by atoms with van der Waals surface area (Å²) >= 11 is 6.08. The largest absolute Gasteiger partial charge is 0.379 e. The van der Waals surface area contributed by atoms with Crippen LogP contribution in [-0.4, -0.2) is 55.2 Å². The summed E-state index contributed by atoms with van der Waals surface area (Å²) < 4.78 is 5.36. The molecule has 0 aromatic heterocycles. The second-order valence-corrected chi connectivity index (χ2v) is 7.60. The number of benzene rings is 2. The van der Waals surface area contributed by atoms with Gasteiger partial charge in [-0.25, -0.2) is 4.99 Å². The average molecular weight is 411 g/mol. The van der Waals surface area contributed by atoms with Crippen molar-refractivity contribution in [2.45, 2.75) is 12.8 Å². The van der Waals surface area contributed by atoms with Crippen LogP contribution in [0.3, 0.4) is 0 Å². The van der Waals surface area contributed by atoms with E-state index < -0.39 is 0 Å². The van der Waals surface area contributed by atoms with Crippen molar-refractivity contribution in [3.8, 4) is 0 Å². The van der Waals surface area contributed by atoms with Crippen LogP contribution >= 0.6 is 11.6 Å². The Morgan fingerprint density at radius 3 is 2.45 bits per heavy atom. The molecule has 1 saturated heterocycles. The summed E-state index contributed by atoms with van der Waals surface area (Å²) in [7, 11) is 0. The fourth-order valence-corrected chi connectivity index (χ4v) is 3.73. The molecule has 7 heteroatoms. The van der Waals surface area contributed by atoms with Crippen molar-refractivity contribution in [2.24, 2.45) is 9.98 Å². The smallest absolute Gasteiger partial charge is 0.239 e. The Balaban J connectivity index is 1.66. The van der Waals surface area contributed by atoms with Crippen molar-refractivity contribution in [3.05, 3.63) is 59.1 Å². The number of halogens is 1. The zero-order valence-electron chi connectivity index (χ0n) is 16.3. The average Bonchev–Trinajstić information content (AvgIpc) is 2.85. The molecule has 2 aromatic carbocycles. The van der Waals surface area contributed by atoms with E-state index in [0.717, 1.165) is 35.7 Å². The molecule has 0 saturated carbocycles. The number of fused-ring (bicyclic) bond motifs is 1. The van der Waals surface area contributed by atoms with E-state index in [2.05, 4.69) is 10.2 Å². The molecule has 1 amide bonds. The summed E-state index contributed by atoms with van der Waals surface area (Å²) in [4.78, 5) is 24.5. The van der Waals surface area contributed by atoms with Gasteiger partial charge in [0.25, 0.3) is 0 Å². The summed E-state index contributed by atoms with van der Waals surface area (Å²) in [5.41, 5.74) is 3.38. The number of aliphatic imine (C=N–C) groups is 2. The number of carbonyl (C=O) groups excluding carboxylic acids is 1. The van der Waals surface area contributed by atoms with Gasteiger partial charge in [0.1, 0.15) is 5.84 Å². The van der Waals surface area contributed by atoms with Gasteiger partial charge in [-0.05, 0) is 36.8 Å². The van der Waals surface area contributed by atoms with Gasteiger partial charge in [0.2, 0.25) is 5.91 Å². The molecule has 1 N–H and O–H groups in total. The highest BCUT2D eigenvalue weighted by Gasteiger charge is 2.27. The lowest BCUT2D eigenvalue weighted by Gasteiger charge is -2.26. The van der Waals surface area contributed by atoms with Crippen molar-refractivity contribution in [3.63, 3.8) is 0 Å². The number of rotatable bonds is 3. The number of nitrogens with zero attached hydrogens (tertiary/aromatic N) is 3. The molecular formula is C22H23ClN4O2. The van der Waals surface area contributed by atoms with Gasteiger partial charge in [0.05, 0.1) is 37.1 Å². The van der Waals surface area contributed by atoms with E-state index in [1.807, 2.05) is 55.5 Å². The van der Waals surface area contributed by atoms with Gasteiger partial charge in [-0.2, -0.15) is 0 Å². The first kappa shape index (κ1) is 19.8. The highest BCUT2D eigenvalue weighted by molar-refractivity contribution is 6.30. The normalized spacial score (nSPS) is 19.6. The number of carbonyl (C=O) groups is 1. The van der Waals surface area contributed by atoms with Gasteiger partial charge in [-0.3, -0.25) is 14.7 Å². The fraction of sp³-hybridized carbons (Fsp3) is 0.318. The molecule has 0 aliphatic carbocycles. The van der Waals surface area contributed by atoms with E-state index >= 15 is 0 Å². The highest BCUT2D eigenvalue weighted by atomic mass is 35.5. The maximum Gasteiger partial charge on any atom is 0.239 e. The maximum absolute atomic E-state index is 12.8. The molecule has 0 unspecified atom stereocenters. The number of nitrogens with one attached hydrogen (secondary N) is 1. The van der Waals surface area contributed by atoms with E-state index in [1.54, 1.807) is 0 Å². The summed E-state index contributed by atoms with van der Waals surface area (Å²) in [6.07, 6.45) is 0. The molecule has 4 rings (SSSR count). The monoisotopic (exact) mass is 410 g/mol. The minimum atomic E-state index is -0.256. The van der Waals surface area contributed by atoms with Crippen LogP contribution < -0.4 is 5.32 Å². The standard InChI is InChI=1S/C22H23ClN4O2/c1-15-21(16-6-8-17(23)9-7-16)22(25-19-5-3-2-4-18(19)24-15)26-20(28)14-27-10-12-29-13-11-27/h2-9,21H,10-14H2,1H3,(H,25,26,28)/t21-/m1/s1. The third kappa shape index (κ3) is 4.72. The molecule has 2 aliphatic heterocycles. The number of ether oxygens (including phenoxy) is 1. The molecule has 150 valence electrons. The zero-order chi connectivity index (χ0) is 20.2. The molecule has 0 radical (unpaired) electrons. The molecule has 1 atom stereocenters. The van der Waals surface area contributed by atoms with Gasteiger partial charge < -0.3 is 10.1 Å². The van der Waals surface area contributed by atoms with Crippen LogP contribution in [0.2, 0.25) is 5.02 Å². The molecule has 1 fully saturated rings. The van der Waals surface area contributed by atoms with Crippen LogP contribution in [0.4, 0.5) is 11.4 Å². The molecule has 0 spiro atoms. The molecule has 29 heavy (non-hydrogen) atoms. The molecule has 2 aromatic rings. The van der Waals surface area contributed by atoms with Crippen LogP contribution in [0.15, 0.2) is 58.5 Å². The van der Waals surface area contributed by atoms with Gasteiger partial charge in [0.15, 0.2) is 0 Å². The van der Waals surface area contributed by atoms with Crippen LogP contribution in [0.1, 0.15) is 18.4 Å².